The number of hydrogen-bond donors (Lipinski definition) is 1. The molecular formula is C25H20ClN5O2S. The molecule has 0 saturated heterocycles. The van der Waals surface area contributed by atoms with E-state index in [4.69, 9.17) is 11.6 Å². The van der Waals surface area contributed by atoms with Crippen molar-refractivity contribution in [3.63, 3.8) is 0 Å². The van der Waals surface area contributed by atoms with Gasteiger partial charge in [-0.25, -0.2) is 4.57 Å². The molecule has 5 rings (SSSR count). The van der Waals surface area contributed by atoms with Crippen molar-refractivity contribution in [2.45, 2.75) is 19.0 Å². The lowest BCUT2D eigenvalue weighted by atomic mass is 10.1. The average molecular weight is 490 g/mol. The summed E-state index contributed by atoms with van der Waals surface area (Å²) in [6.07, 6.45) is 0. The lowest BCUT2D eigenvalue weighted by molar-refractivity contribution is -0.113. The van der Waals surface area contributed by atoms with Gasteiger partial charge in [0.05, 0.1) is 33.1 Å². The van der Waals surface area contributed by atoms with Crippen LogP contribution in [0.5, 0.6) is 0 Å². The number of anilines is 1. The molecule has 170 valence electrons. The number of amides is 1. The second-order valence-corrected chi connectivity index (χ2v) is 9.23. The Morgan fingerprint density at radius 1 is 1.03 bits per heavy atom. The molecule has 7 nitrogen and oxygen atoms in total. The summed E-state index contributed by atoms with van der Waals surface area (Å²) in [7, 11) is 0. The van der Waals surface area contributed by atoms with E-state index >= 15 is 0 Å². The molecule has 34 heavy (non-hydrogen) atoms. The fraction of sp³-hybridized carbons (Fsp3) is 0.120. The highest BCUT2D eigenvalue weighted by Crippen LogP contribution is 2.25. The minimum atomic E-state index is -0.221. The number of nitrogens with zero attached hydrogens (tertiary/aromatic N) is 4. The molecular weight excluding hydrogens is 470 g/mol. The van der Waals surface area contributed by atoms with Crippen molar-refractivity contribution in [3.8, 4) is 5.69 Å². The van der Waals surface area contributed by atoms with Crippen molar-refractivity contribution < 1.29 is 4.79 Å². The molecule has 1 N–H and O–H groups in total. The highest BCUT2D eigenvalue weighted by atomic mass is 35.5. The largest absolute Gasteiger partial charge is 0.324 e. The van der Waals surface area contributed by atoms with E-state index in [9.17, 15) is 9.59 Å². The van der Waals surface area contributed by atoms with Gasteiger partial charge in [-0.15, -0.1) is 10.2 Å². The quantitative estimate of drug-likeness (QED) is 0.350. The maximum absolute atomic E-state index is 13.5. The average Bonchev–Trinajstić information content (AvgIpc) is 3.24. The first-order valence-electron chi connectivity index (χ1n) is 10.6. The van der Waals surface area contributed by atoms with Gasteiger partial charge in [0, 0.05) is 0 Å². The Bertz CT molecular complexity index is 1630. The fourth-order valence-corrected chi connectivity index (χ4v) is 4.85. The van der Waals surface area contributed by atoms with Gasteiger partial charge in [-0.05, 0) is 49.7 Å². The van der Waals surface area contributed by atoms with Crippen LogP contribution in [0, 0.1) is 13.8 Å². The maximum Gasteiger partial charge on any atom is 0.267 e. The summed E-state index contributed by atoms with van der Waals surface area (Å²) in [4.78, 5) is 26.1. The van der Waals surface area contributed by atoms with Crippen LogP contribution in [-0.2, 0) is 4.79 Å². The van der Waals surface area contributed by atoms with E-state index < -0.39 is 0 Å². The monoisotopic (exact) mass is 489 g/mol. The Kier molecular flexibility index (Phi) is 5.85. The van der Waals surface area contributed by atoms with Gasteiger partial charge >= 0.3 is 0 Å². The van der Waals surface area contributed by atoms with E-state index in [-0.39, 0.29) is 17.2 Å². The summed E-state index contributed by atoms with van der Waals surface area (Å²) < 4.78 is 3.40. The topological polar surface area (TPSA) is 81.3 Å². The highest BCUT2D eigenvalue weighted by Gasteiger charge is 2.19. The Morgan fingerprint density at radius 3 is 2.59 bits per heavy atom. The number of aromatic nitrogens is 4. The van der Waals surface area contributed by atoms with Crippen LogP contribution in [0.3, 0.4) is 0 Å². The predicted molar refractivity (Wildman–Crippen MR) is 136 cm³/mol. The van der Waals surface area contributed by atoms with Crippen LogP contribution in [0.25, 0.3) is 22.4 Å². The van der Waals surface area contributed by atoms with E-state index in [0.29, 0.717) is 32.5 Å². The number of carbonyl (C=O) groups excluding carboxylic acids is 1. The van der Waals surface area contributed by atoms with E-state index in [1.54, 1.807) is 34.9 Å². The van der Waals surface area contributed by atoms with E-state index in [2.05, 4.69) is 15.5 Å². The molecule has 0 atom stereocenters. The Balaban J connectivity index is 1.58. The number of aryl methyl sites for hydroxylation is 2. The van der Waals surface area contributed by atoms with Crippen molar-refractivity contribution in [1.82, 2.24) is 19.2 Å². The summed E-state index contributed by atoms with van der Waals surface area (Å²) in [6.45, 7) is 3.97. The Hall–Kier alpha value is -3.62. The molecule has 0 aliphatic carbocycles. The maximum atomic E-state index is 13.5. The number of halogens is 1. The zero-order chi connectivity index (χ0) is 23.8. The van der Waals surface area contributed by atoms with Gasteiger partial charge in [0.2, 0.25) is 11.7 Å². The third-order valence-corrected chi connectivity index (χ3v) is 6.73. The number of rotatable bonds is 5. The van der Waals surface area contributed by atoms with Gasteiger partial charge < -0.3 is 5.32 Å². The number of thioether (sulfide) groups is 1. The van der Waals surface area contributed by atoms with E-state index in [0.717, 1.165) is 16.8 Å². The van der Waals surface area contributed by atoms with Crippen LogP contribution in [0.15, 0.2) is 76.7 Å². The number of carbonyl (C=O) groups is 1. The molecule has 9 heteroatoms. The summed E-state index contributed by atoms with van der Waals surface area (Å²) in [5, 5.41) is 13.0. The molecule has 0 aliphatic rings. The van der Waals surface area contributed by atoms with Gasteiger partial charge in [0.1, 0.15) is 0 Å². The van der Waals surface area contributed by atoms with Crippen LogP contribution in [0.2, 0.25) is 5.02 Å². The lowest BCUT2D eigenvalue weighted by Crippen LogP contribution is -2.22. The first kappa shape index (κ1) is 22.2. The van der Waals surface area contributed by atoms with Crippen LogP contribution >= 0.6 is 23.4 Å². The SMILES string of the molecule is Cc1ccc(-n2c(=O)c3ccccc3n3c(SCC(=O)Nc4ccccc4Cl)nnc23)c(C)c1. The number of fused-ring (bicyclic) bond motifs is 3. The zero-order valence-electron chi connectivity index (χ0n) is 18.4. The number of para-hydroxylation sites is 2. The van der Waals surface area contributed by atoms with Gasteiger partial charge in [0.25, 0.3) is 5.56 Å². The first-order chi connectivity index (χ1) is 16.4. The summed E-state index contributed by atoms with van der Waals surface area (Å²) >= 11 is 7.38. The molecule has 0 fully saturated rings. The molecule has 0 unspecified atom stereocenters. The smallest absolute Gasteiger partial charge is 0.267 e. The predicted octanol–water partition coefficient (Wildman–Crippen LogP) is 5.03. The van der Waals surface area contributed by atoms with Crippen molar-refractivity contribution in [2.75, 3.05) is 11.1 Å². The van der Waals surface area contributed by atoms with Crippen LogP contribution in [0.4, 0.5) is 5.69 Å². The molecule has 2 heterocycles. The molecule has 5 aromatic rings. The lowest BCUT2D eigenvalue weighted by Gasteiger charge is -2.13. The molecule has 0 bridgehead atoms. The number of nitrogens with one attached hydrogen (secondary N) is 1. The van der Waals surface area contributed by atoms with Crippen LogP contribution in [-0.4, -0.2) is 30.8 Å². The molecule has 3 aromatic carbocycles. The van der Waals surface area contributed by atoms with Crippen molar-refractivity contribution in [2.24, 2.45) is 0 Å². The summed E-state index contributed by atoms with van der Waals surface area (Å²) in [6, 6.07) is 20.3. The minimum absolute atomic E-state index is 0.100. The molecule has 0 spiro atoms. The molecule has 1 amide bonds. The van der Waals surface area contributed by atoms with Crippen molar-refractivity contribution in [3.05, 3.63) is 93.2 Å². The normalized spacial score (nSPS) is 11.3. The molecule has 0 radical (unpaired) electrons. The van der Waals surface area contributed by atoms with E-state index in [1.165, 1.54) is 11.8 Å². The number of hydrogen-bond acceptors (Lipinski definition) is 5. The standard InChI is InChI=1S/C25H20ClN5O2S/c1-15-11-12-20(16(2)13-15)30-23(33)17-7-3-6-10-21(17)31-24(30)28-29-25(31)34-14-22(32)27-19-9-5-4-8-18(19)26/h3-13H,14H2,1-2H3,(H,27,32). The molecule has 0 aliphatic heterocycles. The second kappa shape index (κ2) is 8.96. The van der Waals surface area contributed by atoms with E-state index in [1.807, 2.05) is 54.6 Å². The minimum Gasteiger partial charge on any atom is -0.324 e. The Labute approximate surface area is 204 Å². The third kappa shape index (κ3) is 3.95. The van der Waals surface area contributed by atoms with Gasteiger partial charge in [-0.2, -0.15) is 0 Å². The second-order valence-electron chi connectivity index (χ2n) is 7.88. The third-order valence-electron chi connectivity index (χ3n) is 5.47. The van der Waals surface area contributed by atoms with Gasteiger partial charge in [0.15, 0.2) is 5.16 Å². The van der Waals surface area contributed by atoms with Crippen LogP contribution in [0.1, 0.15) is 11.1 Å². The highest BCUT2D eigenvalue weighted by molar-refractivity contribution is 7.99. The fourth-order valence-electron chi connectivity index (χ4n) is 3.92. The Morgan fingerprint density at radius 2 is 1.79 bits per heavy atom. The van der Waals surface area contributed by atoms with Crippen LogP contribution < -0.4 is 10.9 Å². The zero-order valence-corrected chi connectivity index (χ0v) is 20.0. The summed E-state index contributed by atoms with van der Waals surface area (Å²) in [5.41, 5.74) is 3.86. The summed E-state index contributed by atoms with van der Waals surface area (Å²) in [5.74, 6) is 0.273. The molecule has 2 aromatic heterocycles. The number of benzene rings is 3. The van der Waals surface area contributed by atoms with Gasteiger partial charge in [-0.1, -0.05) is 65.3 Å². The van der Waals surface area contributed by atoms with Crippen molar-refractivity contribution >= 4 is 51.6 Å². The first-order valence-corrected chi connectivity index (χ1v) is 11.9. The molecule has 0 saturated carbocycles. The van der Waals surface area contributed by atoms with Gasteiger partial charge in [-0.3, -0.25) is 14.0 Å². The van der Waals surface area contributed by atoms with Crippen molar-refractivity contribution in [1.29, 1.82) is 0 Å².